The third-order valence-electron chi connectivity index (χ3n) is 5.19. The summed E-state index contributed by atoms with van der Waals surface area (Å²) in [5, 5.41) is 0. The second-order valence-corrected chi connectivity index (χ2v) is 7.08. The van der Waals surface area contributed by atoms with Crippen molar-refractivity contribution in [2.75, 3.05) is 4.90 Å². The predicted octanol–water partition coefficient (Wildman–Crippen LogP) is 4.49. The van der Waals surface area contributed by atoms with Gasteiger partial charge in [-0.3, -0.25) is 14.5 Å². The molecule has 0 spiro atoms. The van der Waals surface area contributed by atoms with Gasteiger partial charge in [0.05, 0.1) is 17.5 Å². The van der Waals surface area contributed by atoms with Gasteiger partial charge in [-0.25, -0.2) is 0 Å². The minimum atomic E-state index is -0.240. The van der Waals surface area contributed by atoms with E-state index in [2.05, 4.69) is 0 Å². The van der Waals surface area contributed by atoms with Gasteiger partial charge < -0.3 is 4.74 Å². The molecule has 0 radical (unpaired) electrons. The summed E-state index contributed by atoms with van der Waals surface area (Å²) in [6.45, 7) is 4.01. The van der Waals surface area contributed by atoms with Gasteiger partial charge in [0.2, 0.25) is 11.8 Å². The third kappa shape index (κ3) is 2.81. The lowest BCUT2D eigenvalue weighted by Gasteiger charge is -2.22. The third-order valence-corrected chi connectivity index (χ3v) is 5.19. The fourth-order valence-electron chi connectivity index (χ4n) is 3.88. The molecule has 132 valence electrons. The predicted molar refractivity (Wildman–Crippen MR) is 100 cm³/mol. The second kappa shape index (κ2) is 6.45. The molecule has 1 aliphatic carbocycles. The second-order valence-electron chi connectivity index (χ2n) is 7.08. The SMILES string of the molecule is Cc1cccc(Oc2ccc(N3C(=O)[C@@H]4[C@H](C)C=CC[C@H]4C3=O)cc2)c1. The Morgan fingerprint density at radius 1 is 1.00 bits per heavy atom. The molecule has 4 heteroatoms. The molecule has 2 aromatic rings. The summed E-state index contributed by atoms with van der Waals surface area (Å²) in [7, 11) is 0. The van der Waals surface area contributed by atoms with E-state index in [4.69, 9.17) is 4.74 Å². The molecule has 0 bridgehead atoms. The number of benzene rings is 2. The van der Waals surface area contributed by atoms with Crippen molar-refractivity contribution in [3.63, 3.8) is 0 Å². The fourth-order valence-corrected chi connectivity index (χ4v) is 3.88. The fraction of sp³-hybridized carbons (Fsp3) is 0.273. The highest BCUT2D eigenvalue weighted by Gasteiger charge is 2.50. The lowest BCUT2D eigenvalue weighted by molar-refractivity contribution is -0.122. The zero-order valence-electron chi connectivity index (χ0n) is 14.9. The maximum absolute atomic E-state index is 12.8. The van der Waals surface area contributed by atoms with Gasteiger partial charge in [-0.15, -0.1) is 0 Å². The first-order valence-electron chi connectivity index (χ1n) is 8.93. The van der Waals surface area contributed by atoms with E-state index in [1.165, 1.54) is 4.90 Å². The van der Waals surface area contributed by atoms with Gasteiger partial charge in [0.15, 0.2) is 0 Å². The van der Waals surface area contributed by atoms with E-state index in [0.29, 0.717) is 17.9 Å². The number of rotatable bonds is 3. The van der Waals surface area contributed by atoms with Crippen molar-refractivity contribution in [2.24, 2.45) is 17.8 Å². The van der Waals surface area contributed by atoms with Crippen LogP contribution in [-0.2, 0) is 9.59 Å². The topological polar surface area (TPSA) is 46.6 Å². The van der Waals surface area contributed by atoms with Crippen LogP contribution in [0.25, 0.3) is 0 Å². The number of ether oxygens (including phenoxy) is 1. The van der Waals surface area contributed by atoms with Crippen LogP contribution in [0.5, 0.6) is 11.5 Å². The van der Waals surface area contributed by atoms with Crippen LogP contribution in [0.1, 0.15) is 18.9 Å². The van der Waals surface area contributed by atoms with Crippen LogP contribution in [0.2, 0.25) is 0 Å². The monoisotopic (exact) mass is 347 g/mol. The molecule has 1 fully saturated rings. The number of carbonyl (C=O) groups is 2. The maximum Gasteiger partial charge on any atom is 0.238 e. The van der Waals surface area contributed by atoms with E-state index in [9.17, 15) is 9.59 Å². The van der Waals surface area contributed by atoms with Crippen molar-refractivity contribution in [3.8, 4) is 11.5 Å². The number of allylic oxidation sites excluding steroid dienone is 2. The van der Waals surface area contributed by atoms with Crippen molar-refractivity contribution >= 4 is 17.5 Å². The molecule has 0 unspecified atom stereocenters. The molecule has 2 amide bonds. The number of carbonyl (C=O) groups excluding carboxylic acids is 2. The summed E-state index contributed by atoms with van der Waals surface area (Å²) in [6.07, 6.45) is 4.69. The number of imide groups is 1. The van der Waals surface area contributed by atoms with E-state index < -0.39 is 0 Å². The molecular weight excluding hydrogens is 326 g/mol. The van der Waals surface area contributed by atoms with Crippen LogP contribution < -0.4 is 9.64 Å². The number of aryl methyl sites for hydroxylation is 1. The Morgan fingerprint density at radius 2 is 1.77 bits per heavy atom. The van der Waals surface area contributed by atoms with Gasteiger partial charge in [0.25, 0.3) is 0 Å². The maximum atomic E-state index is 12.8. The van der Waals surface area contributed by atoms with Crippen LogP contribution in [0.15, 0.2) is 60.7 Å². The molecule has 2 aliphatic rings. The smallest absolute Gasteiger partial charge is 0.238 e. The molecular formula is C22H21NO3. The van der Waals surface area contributed by atoms with Crippen molar-refractivity contribution in [1.29, 1.82) is 0 Å². The summed E-state index contributed by atoms with van der Waals surface area (Å²) in [6, 6.07) is 14.9. The zero-order valence-corrected chi connectivity index (χ0v) is 14.9. The van der Waals surface area contributed by atoms with Gasteiger partial charge in [0, 0.05) is 0 Å². The molecule has 1 aliphatic heterocycles. The molecule has 0 aromatic heterocycles. The normalized spacial score (nSPS) is 24.7. The molecule has 0 N–H and O–H groups in total. The quantitative estimate of drug-likeness (QED) is 0.607. The number of amides is 2. The van der Waals surface area contributed by atoms with Crippen LogP contribution >= 0.6 is 0 Å². The summed E-state index contributed by atoms with van der Waals surface area (Å²) in [5.74, 6) is 0.871. The number of nitrogens with zero attached hydrogens (tertiary/aromatic N) is 1. The first kappa shape index (κ1) is 16.6. The van der Waals surface area contributed by atoms with Gasteiger partial charge in [-0.1, -0.05) is 31.2 Å². The summed E-state index contributed by atoms with van der Waals surface area (Å²) in [5.41, 5.74) is 1.73. The average Bonchev–Trinajstić information content (AvgIpc) is 2.88. The number of anilines is 1. The molecule has 2 aromatic carbocycles. The highest BCUT2D eigenvalue weighted by atomic mass is 16.5. The number of hydrogen-bond acceptors (Lipinski definition) is 3. The Morgan fingerprint density at radius 3 is 2.46 bits per heavy atom. The van der Waals surface area contributed by atoms with E-state index in [1.54, 1.807) is 24.3 Å². The van der Waals surface area contributed by atoms with Gasteiger partial charge in [0.1, 0.15) is 11.5 Å². The van der Waals surface area contributed by atoms with Crippen molar-refractivity contribution in [1.82, 2.24) is 0 Å². The molecule has 1 saturated heterocycles. The molecule has 3 atom stereocenters. The van der Waals surface area contributed by atoms with Gasteiger partial charge in [-0.2, -0.15) is 0 Å². The molecule has 1 heterocycles. The van der Waals surface area contributed by atoms with Crippen molar-refractivity contribution in [2.45, 2.75) is 20.3 Å². The Labute approximate surface area is 153 Å². The molecule has 4 nitrogen and oxygen atoms in total. The van der Waals surface area contributed by atoms with Gasteiger partial charge in [-0.05, 0) is 61.2 Å². The van der Waals surface area contributed by atoms with Crippen LogP contribution in [0.3, 0.4) is 0 Å². The summed E-state index contributed by atoms with van der Waals surface area (Å²) < 4.78 is 5.84. The van der Waals surface area contributed by atoms with Gasteiger partial charge >= 0.3 is 0 Å². The van der Waals surface area contributed by atoms with E-state index in [1.807, 2.05) is 50.3 Å². The first-order chi connectivity index (χ1) is 12.5. The van der Waals surface area contributed by atoms with Crippen LogP contribution in [0, 0.1) is 24.7 Å². The standard InChI is InChI=1S/C22H21NO3/c1-14-5-3-7-18(13-14)26-17-11-9-16(10-12-17)23-21(24)19-8-4-6-15(2)20(19)22(23)25/h3-7,9-13,15,19-20H,8H2,1-2H3/t15-,19-,20-/m1/s1. The minimum absolute atomic E-state index is 0.0933. The van der Waals surface area contributed by atoms with E-state index in [0.717, 1.165) is 11.3 Å². The van der Waals surface area contributed by atoms with Crippen molar-refractivity contribution < 1.29 is 14.3 Å². The zero-order chi connectivity index (χ0) is 18.3. The lowest BCUT2D eigenvalue weighted by Crippen LogP contribution is -2.31. The number of fused-ring (bicyclic) bond motifs is 1. The average molecular weight is 347 g/mol. The Kier molecular flexibility index (Phi) is 4.11. The summed E-state index contributed by atoms with van der Waals surface area (Å²) in [4.78, 5) is 26.9. The largest absolute Gasteiger partial charge is 0.457 e. The Bertz CT molecular complexity index is 885. The Hall–Kier alpha value is -2.88. The first-order valence-corrected chi connectivity index (χ1v) is 8.93. The lowest BCUT2D eigenvalue weighted by atomic mass is 9.78. The highest BCUT2D eigenvalue weighted by molar-refractivity contribution is 6.22. The number of hydrogen-bond donors (Lipinski definition) is 0. The van der Waals surface area contributed by atoms with Crippen molar-refractivity contribution in [3.05, 3.63) is 66.2 Å². The molecule has 0 saturated carbocycles. The molecule has 4 rings (SSSR count). The van der Waals surface area contributed by atoms with E-state index >= 15 is 0 Å². The Balaban J connectivity index is 1.55. The van der Waals surface area contributed by atoms with E-state index in [-0.39, 0.29) is 29.6 Å². The molecule has 26 heavy (non-hydrogen) atoms. The highest BCUT2D eigenvalue weighted by Crippen LogP contribution is 2.40. The summed E-state index contributed by atoms with van der Waals surface area (Å²) >= 11 is 0. The van der Waals surface area contributed by atoms with Crippen LogP contribution in [0.4, 0.5) is 5.69 Å². The van der Waals surface area contributed by atoms with Crippen LogP contribution in [-0.4, -0.2) is 11.8 Å². The minimum Gasteiger partial charge on any atom is -0.457 e.